The lowest BCUT2D eigenvalue weighted by Crippen LogP contribution is -2.38. The predicted octanol–water partition coefficient (Wildman–Crippen LogP) is 1.28. The number of amides is 1. The minimum Gasteiger partial charge on any atom is -0.465 e. The molecule has 0 spiro atoms. The minimum absolute atomic E-state index is 0.0943. The minimum atomic E-state index is -0.992. The maximum absolute atomic E-state index is 10.2. The van der Waals surface area contributed by atoms with E-state index in [0.717, 1.165) is 25.8 Å². The van der Waals surface area contributed by atoms with Crippen LogP contribution in [0.25, 0.3) is 0 Å². The monoisotopic (exact) mass is 244 g/mol. The van der Waals surface area contributed by atoms with Crippen LogP contribution in [0, 0.1) is 11.3 Å². The van der Waals surface area contributed by atoms with Crippen LogP contribution in [0.3, 0.4) is 0 Å². The number of carbonyl (C=O) groups is 1. The largest absolute Gasteiger partial charge is 0.465 e. The van der Waals surface area contributed by atoms with E-state index in [1.54, 1.807) is 0 Å². The number of nitrogens with zero attached hydrogens (tertiary/aromatic N) is 1. The van der Waals surface area contributed by atoms with E-state index in [1.807, 2.05) is 4.90 Å². The summed E-state index contributed by atoms with van der Waals surface area (Å²) in [7, 11) is 0. The maximum Gasteiger partial charge on any atom is 0.404 e. The molecular formula is C11H24N4O2. The molecule has 0 radical (unpaired) electrons. The van der Waals surface area contributed by atoms with Crippen molar-refractivity contribution in [3.63, 3.8) is 0 Å². The summed E-state index contributed by atoms with van der Waals surface area (Å²) in [6.07, 6.45) is 1.61. The van der Waals surface area contributed by atoms with Gasteiger partial charge in [-0.25, -0.2) is 4.79 Å². The fourth-order valence-corrected chi connectivity index (χ4v) is 1.39. The van der Waals surface area contributed by atoms with E-state index < -0.39 is 6.09 Å². The molecule has 0 heterocycles. The zero-order valence-electron chi connectivity index (χ0n) is 10.7. The highest BCUT2D eigenvalue weighted by atomic mass is 16.4. The van der Waals surface area contributed by atoms with Crippen molar-refractivity contribution in [2.24, 2.45) is 11.7 Å². The van der Waals surface area contributed by atoms with Crippen LogP contribution in [0.15, 0.2) is 0 Å². The molecule has 0 atom stereocenters. The van der Waals surface area contributed by atoms with Crippen molar-refractivity contribution in [1.82, 2.24) is 10.2 Å². The summed E-state index contributed by atoms with van der Waals surface area (Å²) in [5.41, 5.74) is 5.49. The molecule has 0 rings (SSSR count). The van der Waals surface area contributed by atoms with Crippen molar-refractivity contribution < 1.29 is 9.90 Å². The molecule has 100 valence electrons. The Morgan fingerprint density at radius 2 is 2.06 bits per heavy atom. The average Bonchev–Trinajstić information content (AvgIpc) is 2.20. The molecule has 5 N–H and O–H groups in total. The first-order valence-corrected chi connectivity index (χ1v) is 5.99. The van der Waals surface area contributed by atoms with Gasteiger partial charge in [0.15, 0.2) is 5.96 Å². The topological polar surface area (TPSA) is 102 Å². The van der Waals surface area contributed by atoms with Gasteiger partial charge in [-0.15, -0.1) is 0 Å². The van der Waals surface area contributed by atoms with Crippen LogP contribution in [-0.4, -0.2) is 41.7 Å². The lowest BCUT2D eigenvalue weighted by atomic mass is 10.1. The van der Waals surface area contributed by atoms with E-state index in [4.69, 9.17) is 16.2 Å². The highest BCUT2D eigenvalue weighted by Gasteiger charge is 2.07. The summed E-state index contributed by atoms with van der Waals surface area (Å²) in [5, 5.41) is 18.1. The average molecular weight is 244 g/mol. The molecule has 0 saturated carbocycles. The van der Waals surface area contributed by atoms with Gasteiger partial charge >= 0.3 is 6.09 Å². The van der Waals surface area contributed by atoms with Gasteiger partial charge in [-0.2, -0.15) is 0 Å². The molecule has 0 aromatic heterocycles. The van der Waals surface area contributed by atoms with Crippen LogP contribution in [-0.2, 0) is 0 Å². The van der Waals surface area contributed by atoms with Gasteiger partial charge < -0.3 is 21.1 Å². The van der Waals surface area contributed by atoms with Crippen molar-refractivity contribution in [1.29, 1.82) is 5.41 Å². The van der Waals surface area contributed by atoms with Gasteiger partial charge in [0.1, 0.15) is 0 Å². The van der Waals surface area contributed by atoms with E-state index in [1.165, 1.54) is 0 Å². The van der Waals surface area contributed by atoms with Gasteiger partial charge in [0.2, 0.25) is 0 Å². The molecule has 0 aliphatic heterocycles. The molecule has 0 aromatic rings. The molecule has 0 unspecified atom stereocenters. The molecule has 6 nitrogen and oxygen atoms in total. The fourth-order valence-electron chi connectivity index (χ4n) is 1.39. The summed E-state index contributed by atoms with van der Waals surface area (Å²) in [6.45, 7) is 6.22. The molecule has 0 fully saturated rings. The Morgan fingerprint density at radius 1 is 1.41 bits per heavy atom. The van der Waals surface area contributed by atoms with Crippen LogP contribution in [0.5, 0.6) is 0 Å². The van der Waals surface area contributed by atoms with Gasteiger partial charge in [0.05, 0.1) is 0 Å². The van der Waals surface area contributed by atoms with E-state index in [-0.39, 0.29) is 5.96 Å². The lowest BCUT2D eigenvalue weighted by Gasteiger charge is -2.23. The Morgan fingerprint density at radius 3 is 2.53 bits per heavy atom. The number of guanidine groups is 1. The molecule has 1 amide bonds. The number of carboxylic acid groups (broad SMARTS) is 1. The number of nitrogens with two attached hydrogens (primary N) is 1. The molecule has 17 heavy (non-hydrogen) atoms. The first-order valence-electron chi connectivity index (χ1n) is 5.99. The third-order valence-corrected chi connectivity index (χ3v) is 2.45. The van der Waals surface area contributed by atoms with Crippen LogP contribution < -0.4 is 11.1 Å². The van der Waals surface area contributed by atoms with Crippen molar-refractivity contribution in [2.75, 3.05) is 19.6 Å². The standard InChI is InChI=1S/C11H24N4O2/c1-9(2)5-8-15(10(12)13)7-4-3-6-14-11(16)17/h9,14H,3-8H2,1-2H3,(H3,12,13)(H,16,17). The molecule has 0 saturated heterocycles. The van der Waals surface area contributed by atoms with E-state index in [0.29, 0.717) is 19.0 Å². The van der Waals surface area contributed by atoms with Crippen molar-refractivity contribution >= 4 is 12.1 Å². The number of hydrogen-bond donors (Lipinski definition) is 4. The van der Waals surface area contributed by atoms with Gasteiger partial charge in [-0.1, -0.05) is 13.8 Å². The van der Waals surface area contributed by atoms with Crippen LogP contribution in [0.4, 0.5) is 4.79 Å². The number of unbranched alkanes of at least 4 members (excludes halogenated alkanes) is 1. The highest BCUT2D eigenvalue weighted by molar-refractivity contribution is 5.74. The fraction of sp³-hybridized carbons (Fsp3) is 0.818. The Hall–Kier alpha value is -1.46. The van der Waals surface area contributed by atoms with Gasteiger partial charge in [-0.05, 0) is 25.2 Å². The van der Waals surface area contributed by atoms with Crippen LogP contribution >= 0.6 is 0 Å². The predicted molar refractivity (Wildman–Crippen MR) is 68.2 cm³/mol. The Kier molecular flexibility index (Phi) is 7.92. The van der Waals surface area contributed by atoms with Gasteiger partial charge in [-0.3, -0.25) is 5.41 Å². The zero-order valence-corrected chi connectivity index (χ0v) is 10.7. The molecule has 0 aliphatic rings. The summed E-state index contributed by atoms with van der Waals surface area (Å²) in [6, 6.07) is 0. The van der Waals surface area contributed by atoms with Crippen LogP contribution in [0.2, 0.25) is 0 Å². The molecule has 6 heteroatoms. The molecule has 0 bridgehead atoms. The Balaban J connectivity index is 3.70. The highest BCUT2D eigenvalue weighted by Crippen LogP contribution is 2.03. The SMILES string of the molecule is CC(C)CCN(CCCCNC(=O)O)C(=N)N. The summed E-state index contributed by atoms with van der Waals surface area (Å²) in [5.74, 6) is 0.683. The van der Waals surface area contributed by atoms with Crippen molar-refractivity contribution in [2.45, 2.75) is 33.1 Å². The second kappa shape index (κ2) is 8.66. The van der Waals surface area contributed by atoms with E-state index >= 15 is 0 Å². The quantitative estimate of drug-likeness (QED) is 0.293. The Bertz CT molecular complexity index is 244. The molecular weight excluding hydrogens is 220 g/mol. The lowest BCUT2D eigenvalue weighted by molar-refractivity contribution is 0.194. The second-order valence-electron chi connectivity index (χ2n) is 4.49. The molecule has 0 aromatic carbocycles. The molecule has 0 aliphatic carbocycles. The summed E-state index contributed by atoms with van der Waals surface area (Å²) in [4.78, 5) is 12.0. The number of rotatable bonds is 8. The smallest absolute Gasteiger partial charge is 0.404 e. The number of hydrogen-bond acceptors (Lipinski definition) is 2. The van der Waals surface area contributed by atoms with E-state index in [9.17, 15) is 4.79 Å². The van der Waals surface area contributed by atoms with Gasteiger partial charge in [0, 0.05) is 19.6 Å². The first-order chi connectivity index (χ1) is 7.93. The third-order valence-electron chi connectivity index (χ3n) is 2.45. The maximum atomic E-state index is 10.2. The zero-order chi connectivity index (χ0) is 13.3. The third kappa shape index (κ3) is 9.47. The summed E-state index contributed by atoms with van der Waals surface area (Å²) >= 11 is 0. The second-order valence-corrected chi connectivity index (χ2v) is 4.49. The number of nitrogens with one attached hydrogen (secondary N) is 2. The Labute approximate surface area is 103 Å². The van der Waals surface area contributed by atoms with Crippen molar-refractivity contribution in [3.05, 3.63) is 0 Å². The van der Waals surface area contributed by atoms with Crippen molar-refractivity contribution in [3.8, 4) is 0 Å². The van der Waals surface area contributed by atoms with E-state index in [2.05, 4.69) is 19.2 Å². The van der Waals surface area contributed by atoms with Crippen LogP contribution in [0.1, 0.15) is 33.1 Å². The van der Waals surface area contributed by atoms with Gasteiger partial charge in [0.25, 0.3) is 0 Å². The summed E-state index contributed by atoms with van der Waals surface area (Å²) < 4.78 is 0. The normalized spacial score (nSPS) is 10.3. The first kappa shape index (κ1) is 15.5.